The SMILES string of the molecule is COc1cc(C(=O)N2CCN(c3ccc4c(c3)CN([C@H]3CCC(=O)NC3=O)C4=O)CC2)ccc1NC(=O)[C@H]1[C@H](c2cccc(Cl)c2F)[C@]2(CN(C(C)OC(=O)C(C)C)c3cc(C(F)(F)F)ncc32)[C@H](CC(C)(C)C)N1C. The Balaban J connectivity index is 0.989. The lowest BCUT2D eigenvalue weighted by atomic mass is 9.63. The Bertz CT molecular complexity index is 3020. The summed E-state index contributed by atoms with van der Waals surface area (Å²) in [6.07, 6.45) is -4.00. The number of carbonyl (C=O) groups excluding carboxylic acids is 6. The van der Waals surface area contributed by atoms with Crippen molar-refractivity contribution in [2.75, 3.05) is 62.0 Å². The van der Waals surface area contributed by atoms with Crippen molar-refractivity contribution in [1.82, 2.24) is 25.0 Å². The number of imide groups is 1. The van der Waals surface area contributed by atoms with Gasteiger partial charge >= 0.3 is 12.1 Å². The smallest absolute Gasteiger partial charge is 0.433 e. The lowest BCUT2D eigenvalue weighted by molar-refractivity contribution is -0.152. The molecule has 4 aromatic rings. The summed E-state index contributed by atoms with van der Waals surface area (Å²) in [4.78, 5) is 92.8. The molecule has 0 bridgehead atoms. The predicted molar refractivity (Wildman–Crippen MR) is 274 cm³/mol. The van der Waals surface area contributed by atoms with E-state index >= 15 is 9.18 Å². The van der Waals surface area contributed by atoms with E-state index in [1.54, 1.807) is 61.9 Å². The highest BCUT2D eigenvalue weighted by Crippen LogP contribution is 2.61. The predicted octanol–water partition coefficient (Wildman–Crippen LogP) is 7.77. The number of piperidine rings is 1. The maximum absolute atomic E-state index is 16.9. The number of anilines is 3. The molecule has 0 aliphatic carbocycles. The maximum atomic E-state index is 16.9. The van der Waals surface area contributed by atoms with Gasteiger partial charge in [0.05, 0.1) is 29.8 Å². The number of piperazine rings is 1. The van der Waals surface area contributed by atoms with Crippen LogP contribution in [0.4, 0.5) is 34.6 Å². The second-order valence-electron chi connectivity index (χ2n) is 21.9. The van der Waals surface area contributed by atoms with Gasteiger partial charge < -0.3 is 34.4 Å². The molecule has 6 atom stereocenters. The van der Waals surface area contributed by atoms with Crippen LogP contribution in [0.2, 0.25) is 5.02 Å². The van der Waals surface area contributed by atoms with E-state index < -0.39 is 82.5 Å². The standard InChI is InChI=1S/C55H61ClF4N8O8/c1-29(2)52(74)76-30(3)68-28-54(36-26-61-42(24-40(36)68)55(58,59)60)43(25-53(4,5)6)64(7)47(45(54)35-10-9-11-37(56)46(35)57)49(71)62-38-15-12-31(23-41(38)75-8)50(72)66-20-18-65(19-21-66)33-13-14-34-32(22-33)27-67(51(34)73)39-16-17-44(69)63-48(39)70/h9-15,22-24,26,29-30,39,43,45,47H,16-21,25,27-28H2,1-8H3,(H,62,71)(H,63,69,70)/t30?,39-,43-,45-,47+,54-/m0/s1. The molecule has 16 nitrogen and oxygen atoms in total. The molecular weight excluding hydrogens is 1010 g/mol. The third-order valence-corrected chi connectivity index (χ3v) is 15.8. The number of benzene rings is 3. The highest BCUT2D eigenvalue weighted by atomic mass is 35.5. The molecule has 6 heterocycles. The number of ether oxygens (including phenoxy) is 2. The molecule has 21 heteroatoms. The molecule has 3 saturated heterocycles. The summed E-state index contributed by atoms with van der Waals surface area (Å²) < 4.78 is 72.1. The number of alkyl halides is 3. The van der Waals surface area contributed by atoms with Gasteiger partial charge in [-0.1, -0.05) is 58.4 Å². The minimum Gasteiger partial charge on any atom is -0.495 e. The minimum absolute atomic E-state index is 0.0474. The number of likely N-dealkylation sites (N-methyl/N-ethyl adjacent to an activating group) is 1. The van der Waals surface area contributed by atoms with Crippen molar-refractivity contribution < 1.29 is 55.8 Å². The lowest BCUT2D eigenvalue weighted by Crippen LogP contribution is -2.52. The molecule has 5 aliphatic rings. The second-order valence-corrected chi connectivity index (χ2v) is 22.3. The van der Waals surface area contributed by atoms with Gasteiger partial charge in [0.2, 0.25) is 17.7 Å². The molecule has 2 N–H and O–H groups in total. The van der Waals surface area contributed by atoms with Crippen LogP contribution in [-0.4, -0.2) is 126 Å². The highest BCUT2D eigenvalue weighted by Gasteiger charge is 2.66. The fourth-order valence-corrected chi connectivity index (χ4v) is 12.0. The molecule has 1 aromatic heterocycles. The molecule has 3 fully saturated rings. The van der Waals surface area contributed by atoms with Crippen LogP contribution in [0.15, 0.2) is 66.9 Å². The zero-order valence-corrected chi connectivity index (χ0v) is 44.3. The number of hydrogen-bond donors (Lipinski definition) is 2. The fraction of sp³-hybridized carbons (Fsp3) is 0.473. The number of halogens is 5. The Hall–Kier alpha value is -6.80. The van der Waals surface area contributed by atoms with E-state index in [0.29, 0.717) is 43.7 Å². The molecular formula is C55H61ClF4N8O8. The van der Waals surface area contributed by atoms with Gasteiger partial charge in [-0.05, 0) is 91.9 Å². The maximum Gasteiger partial charge on any atom is 0.433 e. The Labute approximate surface area is 443 Å². The number of esters is 1. The summed E-state index contributed by atoms with van der Waals surface area (Å²) in [6.45, 7) is 12.6. The Morgan fingerprint density at radius 1 is 0.974 bits per heavy atom. The van der Waals surface area contributed by atoms with Crippen LogP contribution in [0.3, 0.4) is 0 Å². The largest absolute Gasteiger partial charge is 0.495 e. The van der Waals surface area contributed by atoms with Gasteiger partial charge in [-0.3, -0.25) is 44.0 Å². The molecule has 5 amide bonds. The lowest BCUT2D eigenvalue weighted by Gasteiger charge is -2.41. The fourth-order valence-electron chi connectivity index (χ4n) is 11.9. The number of nitrogens with zero attached hydrogens (tertiary/aromatic N) is 6. The molecule has 1 unspecified atom stereocenters. The normalized spacial score (nSPS) is 23.3. The Kier molecular flexibility index (Phi) is 14.4. The summed E-state index contributed by atoms with van der Waals surface area (Å²) in [5.41, 5.74) is 0.0575. The molecule has 404 valence electrons. The number of nitrogens with one attached hydrogen (secondary N) is 2. The first-order chi connectivity index (χ1) is 35.8. The second kappa shape index (κ2) is 20.3. The van der Waals surface area contributed by atoms with Gasteiger partial charge in [-0.25, -0.2) is 4.39 Å². The summed E-state index contributed by atoms with van der Waals surface area (Å²) in [7, 11) is 3.13. The van der Waals surface area contributed by atoms with E-state index in [2.05, 4.69) is 20.5 Å². The molecule has 3 aromatic carbocycles. The Morgan fingerprint density at radius 3 is 2.36 bits per heavy atom. The van der Waals surface area contributed by atoms with Crippen LogP contribution in [0.5, 0.6) is 5.75 Å². The van der Waals surface area contributed by atoms with Crippen LogP contribution in [0.1, 0.15) is 110 Å². The van der Waals surface area contributed by atoms with Crippen molar-refractivity contribution in [1.29, 1.82) is 0 Å². The molecule has 0 saturated carbocycles. The average molecular weight is 1070 g/mol. The number of carbonyl (C=O) groups is 6. The van der Waals surface area contributed by atoms with Crippen molar-refractivity contribution in [2.45, 2.75) is 109 Å². The highest BCUT2D eigenvalue weighted by molar-refractivity contribution is 6.30. The van der Waals surface area contributed by atoms with Gasteiger partial charge in [0.25, 0.3) is 11.8 Å². The first-order valence-corrected chi connectivity index (χ1v) is 25.7. The molecule has 76 heavy (non-hydrogen) atoms. The number of aromatic nitrogens is 1. The van der Waals surface area contributed by atoms with Gasteiger partial charge in [0, 0.05) is 97.3 Å². The zero-order chi connectivity index (χ0) is 54.9. The van der Waals surface area contributed by atoms with Gasteiger partial charge in [-0.2, -0.15) is 13.2 Å². The molecule has 1 spiro atoms. The van der Waals surface area contributed by atoms with Crippen LogP contribution in [-0.2, 0) is 42.1 Å². The zero-order valence-electron chi connectivity index (χ0n) is 43.5. The van der Waals surface area contributed by atoms with E-state index in [9.17, 15) is 37.1 Å². The van der Waals surface area contributed by atoms with E-state index in [0.717, 1.165) is 23.5 Å². The number of likely N-dealkylation sites (tertiary alicyclic amines) is 1. The minimum atomic E-state index is -4.85. The van der Waals surface area contributed by atoms with Gasteiger partial charge in [0.1, 0.15) is 23.3 Å². The van der Waals surface area contributed by atoms with E-state index in [-0.39, 0.29) is 76.9 Å². The molecule has 9 rings (SSSR count). The van der Waals surface area contributed by atoms with E-state index in [1.807, 2.05) is 37.8 Å². The van der Waals surface area contributed by atoms with Crippen molar-refractivity contribution in [3.05, 3.63) is 111 Å². The summed E-state index contributed by atoms with van der Waals surface area (Å²) in [5, 5.41) is 5.10. The van der Waals surface area contributed by atoms with Crippen molar-refractivity contribution in [3.63, 3.8) is 0 Å². The van der Waals surface area contributed by atoms with Crippen LogP contribution in [0, 0.1) is 17.2 Å². The topological polar surface area (TPSA) is 174 Å². The quantitative estimate of drug-likeness (QED) is 0.0850. The third kappa shape index (κ3) is 9.82. The van der Waals surface area contributed by atoms with Crippen molar-refractivity contribution >= 4 is 64.2 Å². The van der Waals surface area contributed by atoms with Gasteiger partial charge in [-0.15, -0.1) is 0 Å². The monoisotopic (exact) mass is 1070 g/mol. The van der Waals surface area contributed by atoms with Gasteiger partial charge in [0.15, 0.2) is 6.23 Å². The number of amides is 5. The van der Waals surface area contributed by atoms with Crippen LogP contribution >= 0.6 is 11.6 Å². The number of hydrogen-bond acceptors (Lipinski definition) is 12. The first-order valence-electron chi connectivity index (χ1n) is 25.3. The molecule has 5 aliphatic heterocycles. The first kappa shape index (κ1) is 54.0. The van der Waals surface area contributed by atoms with Crippen LogP contribution in [0.25, 0.3) is 0 Å². The Morgan fingerprint density at radius 2 is 1.70 bits per heavy atom. The number of methoxy groups -OCH3 is 1. The van der Waals surface area contributed by atoms with Crippen molar-refractivity contribution in [3.8, 4) is 5.75 Å². The summed E-state index contributed by atoms with van der Waals surface area (Å²) >= 11 is 6.52. The average Bonchev–Trinajstić information content (AvgIpc) is 4.12. The number of rotatable bonds is 11. The number of fused-ring (bicyclic) bond motifs is 3. The van der Waals surface area contributed by atoms with E-state index in [1.165, 1.54) is 30.2 Å². The van der Waals surface area contributed by atoms with Crippen molar-refractivity contribution in [2.24, 2.45) is 11.3 Å². The summed E-state index contributed by atoms with van der Waals surface area (Å²) in [5.74, 6) is -4.90. The molecule has 0 radical (unpaired) electrons. The van der Waals surface area contributed by atoms with E-state index in [4.69, 9.17) is 21.1 Å². The number of pyridine rings is 1. The third-order valence-electron chi connectivity index (χ3n) is 15.5. The van der Waals surface area contributed by atoms with Crippen LogP contribution < -0.4 is 25.2 Å². The summed E-state index contributed by atoms with van der Waals surface area (Å²) in [6, 6.07) is 13.0.